The van der Waals surface area contributed by atoms with Gasteiger partial charge < -0.3 is 5.32 Å². The normalized spacial score (nSPS) is 19.0. The average molecular weight is 363 g/mol. The fraction of sp³-hybridized carbons (Fsp3) is 0.412. The van der Waals surface area contributed by atoms with Crippen molar-refractivity contribution in [1.29, 1.82) is 0 Å². The Morgan fingerprint density at radius 1 is 1.28 bits per heavy atom. The van der Waals surface area contributed by atoms with E-state index < -0.39 is 9.84 Å². The van der Waals surface area contributed by atoms with Crippen molar-refractivity contribution in [3.8, 4) is 5.69 Å². The van der Waals surface area contributed by atoms with E-state index in [4.69, 9.17) is 0 Å². The summed E-state index contributed by atoms with van der Waals surface area (Å²) in [4.78, 5) is 25.0. The molecule has 2 heterocycles. The smallest absolute Gasteiger partial charge is 0.295 e. The Balaban J connectivity index is 1.82. The minimum absolute atomic E-state index is 0.0441. The lowest BCUT2D eigenvalue weighted by atomic mass is 10.1. The van der Waals surface area contributed by atoms with Gasteiger partial charge in [-0.25, -0.2) is 13.1 Å². The number of hydrogen-bond acceptors (Lipinski definition) is 4. The topological polar surface area (TPSA) is 90.2 Å². The molecule has 0 spiro atoms. The zero-order valence-electron chi connectivity index (χ0n) is 14.2. The second-order valence-corrected chi connectivity index (χ2v) is 8.69. The predicted molar refractivity (Wildman–Crippen MR) is 95.8 cm³/mol. The summed E-state index contributed by atoms with van der Waals surface area (Å²) >= 11 is 0. The number of para-hydroxylation sites is 1. The van der Waals surface area contributed by atoms with E-state index in [2.05, 4.69) is 5.32 Å². The van der Waals surface area contributed by atoms with Crippen LogP contribution in [0.3, 0.4) is 0 Å². The van der Waals surface area contributed by atoms with Gasteiger partial charge >= 0.3 is 0 Å². The van der Waals surface area contributed by atoms with Crippen LogP contribution >= 0.6 is 0 Å². The van der Waals surface area contributed by atoms with Gasteiger partial charge in [-0.2, -0.15) is 0 Å². The molecule has 8 heteroatoms. The van der Waals surface area contributed by atoms with Gasteiger partial charge in [0.2, 0.25) is 5.91 Å². The third-order valence-corrected chi connectivity index (χ3v) is 6.46. The third-order valence-electron chi connectivity index (χ3n) is 4.62. The number of benzene rings is 1. The monoisotopic (exact) mass is 363 g/mol. The van der Waals surface area contributed by atoms with Gasteiger partial charge in [-0.3, -0.25) is 14.3 Å². The number of rotatable bonds is 4. The molecule has 1 saturated heterocycles. The summed E-state index contributed by atoms with van der Waals surface area (Å²) in [5, 5.41) is 2.68. The fourth-order valence-corrected chi connectivity index (χ4v) is 5.06. The maximum absolute atomic E-state index is 12.7. The largest absolute Gasteiger partial charge is 0.320 e. The van der Waals surface area contributed by atoms with E-state index in [0.717, 1.165) is 0 Å². The summed E-state index contributed by atoms with van der Waals surface area (Å²) in [6.07, 6.45) is 0.607. The molecule has 7 nitrogen and oxygen atoms in total. The highest BCUT2D eigenvalue weighted by atomic mass is 32.2. The molecule has 1 unspecified atom stereocenters. The second kappa shape index (κ2) is 6.51. The van der Waals surface area contributed by atoms with Crippen LogP contribution < -0.4 is 10.9 Å². The Morgan fingerprint density at radius 3 is 2.56 bits per heavy atom. The van der Waals surface area contributed by atoms with Crippen LogP contribution in [0.1, 0.15) is 18.5 Å². The first-order valence-corrected chi connectivity index (χ1v) is 9.95. The SMILES string of the molecule is Cc1c(NC(=O)CC2CCS(=O)(=O)C2)c(=O)n(-c2ccccc2)n1C. The van der Waals surface area contributed by atoms with Crippen LogP contribution in [0.4, 0.5) is 5.69 Å². The summed E-state index contributed by atoms with van der Waals surface area (Å²) in [7, 11) is -1.27. The zero-order valence-corrected chi connectivity index (χ0v) is 15.0. The van der Waals surface area contributed by atoms with Crippen molar-refractivity contribution in [2.24, 2.45) is 13.0 Å². The highest BCUT2D eigenvalue weighted by molar-refractivity contribution is 7.91. The number of anilines is 1. The molecular weight excluding hydrogens is 342 g/mol. The molecule has 1 aliphatic heterocycles. The number of nitrogens with one attached hydrogen (secondary N) is 1. The summed E-state index contributed by atoms with van der Waals surface area (Å²) in [5.41, 5.74) is 1.28. The standard InChI is InChI=1S/C17H21N3O4S/c1-12-16(18-15(21)10-13-8-9-25(23,24)11-13)17(22)20(19(12)2)14-6-4-3-5-7-14/h3-7,13H,8-11H2,1-2H3,(H,18,21). The second-order valence-electron chi connectivity index (χ2n) is 6.46. The number of nitrogens with zero attached hydrogens (tertiary/aromatic N) is 2. The molecule has 0 saturated carbocycles. The van der Waals surface area contributed by atoms with Crippen LogP contribution in [0, 0.1) is 12.8 Å². The van der Waals surface area contributed by atoms with Gasteiger partial charge in [-0.15, -0.1) is 0 Å². The van der Waals surface area contributed by atoms with E-state index in [1.807, 2.05) is 30.3 Å². The number of hydrogen-bond donors (Lipinski definition) is 1. The van der Waals surface area contributed by atoms with Crippen molar-refractivity contribution >= 4 is 21.4 Å². The highest BCUT2D eigenvalue weighted by Gasteiger charge is 2.30. The Morgan fingerprint density at radius 2 is 1.96 bits per heavy atom. The number of sulfone groups is 1. The van der Waals surface area contributed by atoms with E-state index >= 15 is 0 Å². The van der Waals surface area contributed by atoms with Gasteiger partial charge in [0, 0.05) is 13.5 Å². The van der Waals surface area contributed by atoms with Crippen LogP contribution in [-0.4, -0.2) is 35.2 Å². The van der Waals surface area contributed by atoms with E-state index in [1.54, 1.807) is 18.7 Å². The Labute approximate surface area is 146 Å². The van der Waals surface area contributed by atoms with E-state index in [9.17, 15) is 18.0 Å². The minimum atomic E-state index is -3.02. The molecule has 1 aromatic heterocycles. The molecule has 25 heavy (non-hydrogen) atoms. The summed E-state index contributed by atoms with van der Waals surface area (Å²) in [6, 6.07) is 9.17. The maximum atomic E-state index is 12.7. The first kappa shape index (κ1) is 17.5. The molecule has 0 radical (unpaired) electrons. The van der Waals surface area contributed by atoms with E-state index in [1.165, 1.54) is 4.68 Å². The molecule has 2 aromatic rings. The van der Waals surface area contributed by atoms with Crippen LogP contribution in [0.2, 0.25) is 0 Å². The van der Waals surface area contributed by atoms with Crippen molar-refractivity contribution in [3.63, 3.8) is 0 Å². The maximum Gasteiger partial charge on any atom is 0.295 e. The minimum Gasteiger partial charge on any atom is -0.320 e. The molecule has 0 aliphatic carbocycles. The summed E-state index contributed by atoms with van der Waals surface area (Å²) in [6.45, 7) is 1.76. The lowest BCUT2D eigenvalue weighted by Gasteiger charge is -2.08. The average Bonchev–Trinajstić information content (AvgIpc) is 3.00. The molecule has 1 aliphatic rings. The zero-order chi connectivity index (χ0) is 18.2. The van der Waals surface area contributed by atoms with E-state index in [0.29, 0.717) is 17.8 Å². The first-order valence-electron chi connectivity index (χ1n) is 8.13. The van der Waals surface area contributed by atoms with Gasteiger partial charge in [0.05, 0.1) is 22.9 Å². The van der Waals surface area contributed by atoms with Crippen molar-refractivity contribution in [2.45, 2.75) is 19.8 Å². The quantitative estimate of drug-likeness (QED) is 0.885. The van der Waals surface area contributed by atoms with Gasteiger partial charge in [0.25, 0.3) is 5.56 Å². The lowest BCUT2D eigenvalue weighted by molar-refractivity contribution is -0.116. The Bertz CT molecular complexity index is 958. The Kier molecular flexibility index (Phi) is 4.55. The molecule has 0 bridgehead atoms. The number of amides is 1. The number of aromatic nitrogens is 2. The van der Waals surface area contributed by atoms with Crippen molar-refractivity contribution in [3.05, 3.63) is 46.4 Å². The van der Waals surface area contributed by atoms with Gasteiger partial charge in [0.1, 0.15) is 5.69 Å². The Hall–Kier alpha value is -2.35. The number of carbonyl (C=O) groups is 1. The lowest BCUT2D eigenvalue weighted by Crippen LogP contribution is -2.24. The van der Waals surface area contributed by atoms with Crippen LogP contribution in [0.5, 0.6) is 0 Å². The van der Waals surface area contributed by atoms with Gasteiger partial charge in [-0.05, 0) is 31.4 Å². The van der Waals surface area contributed by atoms with Gasteiger partial charge in [-0.1, -0.05) is 18.2 Å². The first-order chi connectivity index (χ1) is 11.8. The molecule has 1 amide bonds. The molecule has 1 atom stereocenters. The van der Waals surface area contributed by atoms with Crippen LogP contribution in [0.25, 0.3) is 5.69 Å². The van der Waals surface area contributed by atoms with Crippen LogP contribution in [-0.2, 0) is 21.7 Å². The van der Waals surface area contributed by atoms with Crippen molar-refractivity contribution in [2.75, 3.05) is 16.8 Å². The molecule has 1 N–H and O–H groups in total. The van der Waals surface area contributed by atoms with Crippen molar-refractivity contribution < 1.29 is 13.2 Å². The molecular formula is C17H21N3O4S. The van der Waals surface area contributed by atoms with Gasteiger partial charge in [0.15, 0.2) is 9.84 Å². The third kappa shape index (κ3) is 3.53. The van der Waals surface area contributed by atoms with Crippen molar-refractivity contribution in [1.82, 2.24) is 9.36 Å². The molecule has 134 valence electrons. The molecule has 1 fully saturated rings. The molecule has 1 aromatic carbocycles. The highest BCUT2D eigenvalue weighted by Crippen LogP contribution is 2.22. The van der Waals surface area contributed by atoms with Crippen LogP contribution in [0.15, 0.2) is 35.1 Å². The molecule has 3 rings (SSSR count). The fourth-order valence-electron chi connectivity index (χ4n) is 3.20. The predicted octanol–water partition coefficient (Wildman–Crippen LogP) is 1.25. The summed E-state index contributed by atoms with van der Waals surface area (Å²) < 4.78 is 26.2. The van der Waals surface area contributed by atoms with E-state index in [-0.39, 0.29) is 41.0 Å². The summed E-state index contributed by atoms with van der Waals surface area (Å²) in [5.74, 6) is -0.322. The number of carbonyl (C=O) groups excluding carboxylic acids is 1.